The van der Waals surface area contributed by atoms with E-state index in [-0.39, 0.29) is 12.1 Å². The summed E-state index contributed by atoms with van der Waals surface area (Å²) >= 11 is 0. The third kappa shape index (κ3) is 8.21. The summed E-state index contributed by atoms with van der Waals surface area (Å²) in [6.45, 7) is 4.31. The van der Waals surface area contributed by atoms with Crippen LogP contribution in [0, 0.1) is 36.5 Å². The van der Waals surface area contributed by atoms with E-state index in [1.54, 1.807) is 0 Å². The number of allylic oxidation sites excluding steroid dienone is 2. The van der Waals surface area contributed by atoms with Gasteiger partial charge in [-0.2, -0.15) is 0 Å². The molecule has 1 aromatic carbocycles. The van der Waals surface area contributed by atoms with Gasteiger partial charge in [-0.3, -0.25) is 0 Å². The van der Waals surface area contributed by atoms with Crippen LogP contribution in [0.15, 0.2) is 36.4 Å². The molecule has 0 saturated heterocycles. The minimum Gasteiger partial charge on any atom is -0.459 e. The van der Waals surface area contributed by atoms with E-state index < -0.39 is 0 Å². The summed E-state index contributed by atoms with van der Waals surface area (Å²) in [5, 5.41) is 0. The van der Waals surface area contributed by atoms with E-state index in [4.69, 9.17) is 4.74 Å². The fraction of sp³-hybridized carbons (Fsp3) is 0.621. The van der Waals surface area contributed by atoms with E-state index in [1.165, 1.54) is 51.4 Å². The lowest BCUT2D eigenvalue weighted by molar-refractivity contribution is 0.0188. The predicted molar refractivity (Wildman–Crippen MR) is 129 cm³/mol. The maximum atomic E-state index is 12.3. The second-order valence-electron chi connectivity index (χ2n) is 9.67. The highest BCUT2D eigenvalue weighted by Gasteiger charge is 2.23. The van der Waals surface area contributed by atoms with E-state index in [1.807, 2.05) is 31.2 Å². The molecule has 31 heavy (non-hydrogen) atoms. The average molecular weight is 421 g/mol. The molecule has 0 radical (unpaired) electrons. The highest BCUT2D eigenvalue weighted by molar-refractivity contribution is 5.89. The van der Waals surface area contributed by atoms with Gasteiger partial charge in [0.25, 0.3) is 0 Å². The molecule has 0 bridgehead atoms. The molecule has 2 saturated carbocycles. The van der Waals surface area contributed by atoms with Gasteiger partial charge in [-0.15, -0.1) is 0 Å². The van der Waals surface area contributed by atoms with E-state index in [0.717, 1.165) is 43.1 Å². The summed E-state index contributed by atoms with van der Waals surface area (Å²) in [4.78, 5) is 12.3. The summed E-state index contributed by atoms with van der Waals surface area (Å²) in [7, 11) is 0. The minimum absolute atomic E-state index is 0.0370. The number of esters is 1. The Labute approximate surface area is 189 Å². The highest BCUT2D eigenvalue weighted by atomic mass is 16.5. The van der Waals surface area contributed by atoms with Crippen molar-refractivity contribution in [2.24, 2.45) is 17.8 Å². The molecular formula is C29H40O2. The van der Waals surface area contributed by atoms with Crippen LogP contribution >= 0.6 is 0 Å². The lowest BCUT2D eigenvalue weighted by Crippen LogP contribution is -2.24. The van der Waals surface area contributed by atoms with Crippen molar-refractivity contribution in [2.45, 2.75) is 97.0 Å². The highest BCUT2D eigenvalue weighted by Crippen LogP contribution is 2.32. The molecule has 2 nitrogen and oxygen atoms in total. The lowest BCUT2D eigenvalue weighted by Gasteiger charge is -2.26. The zero-order valence-corrected chi connectivity index (χ0v) is 19.6. The number of aryl methyl sites for hydroxylation is 1. The Morgan fingerprint density at radius 3 is 2.39 bits per heavy atom. The molecule has 2 heteroatoms. The molecule has 2 aliphatic rings. The normalized spacial score (nSPS) is 26.3. The number of hydrogen-bond donors (Lipinski definition) is 0. The van der Waals surface area contributed by atoms with Gasteiger partial charge in [0.1, 0.15) is 6.10 Å². The SMILES string of the molecule is CCCCCC1CCC(/C=C/C#CC2CCC(OC(=O)c3ccc(C)cc3)CC2)CC1. The molecular weight excluding hydrogens is 380 g/mol. The molecule has 0 aromatic heterocycles. The Bertz CT molecular complexity index is 748. The molecule has 0 atom stereocenters. The lowest BCUT2D eigenvalue weighted by atomic mass is 9.79. The van der Waals surface area contributed by atoms with Crippen molar-refractivity contribution >= 4 is 5.97 Å². The van der Waals surface area contributed by atoms with Crippen molar-refractivity contribution in [2.75, 3.05) is 0 Å². The smallest absolute Gasteiger partial charge is 0.338 e. The molecule has 168 valence electrons. The third-order valence-corrected chi connectivity index (χ3v) is 7.08. The Morgan fingerprint density at radius 2 is 1.71 bits per heavy atom. The number of ether oxygens (including phenoxy) is 1. The zero-order chi connectivity index (χ0) is 21.9. The molecule has 0 unspecified atom stereocenters. The summed E-state index contributed by atoms with van der Waals surface area (Å²) < 4.78 is 5.71. The molecule has 2 aliphatic carbocycles. The summed E-state index contributed by atoms with van der Waals surface area (Å²) in [6.07, 6.45) is 19.4. The number of rotatable bonds is 7. The van der Waals surface area contributed by atoms with Crippen molar-refractivity contribution in [3.8, 4) is 11.8 Å². The molecule has 0 spiro atoms. The first-order valence-corrected chi connectivity index (χ1v) is 12.6. The quantitative estimate of drug-likeness (QED) is 0.257. The van der Waals surface area contributed by atoms with Gasteiger partial charge in [-0.25, -0.2) is 4.79 Å². The Morgan fingerprint density at radius 1 is 1.00 bits per heavy atom. The van der Waals surface area contributed by atoms with Gasteiger partial charge in [0.05, 0.1) is 5.56 Å². The maximum absolute atomic E-state index is 12.3. The van der Waals surface area contributed by atoms with Crippen LogP contribution < -0.4 is 0 Å². The monoisotopic (exact) mass is 420 g/mol. The van der Waals surface area contributed by atoms with Gasteiger partial charge in [0.15, 0.2) is 0 Å². The largest absolute Gasteiger partial charge is 0.459 e. The molecule has 0 aliphatic heterocycles. The van der Waals surface area contributed by atoms with E-state index in [0.29, 0.717) is 11.5 Å². The minimum atomic E-state index is -0.197. The first kappa shape index (κ1) is 23.6. The second-order valence-corrected chi connectivity index (χ2v) is 9.67. The van der Waals surface area contributed by atoms with Crippen molar-refractivity contribution in [1.29, 1.82) is 0 Å². The van der Waals surface area contributed by atoms with Crippen LogP contribution in [-0.4, -0.2) is 12.1 Å². The molecule has 0 N–H and O–H groups in total. The number of hydrogen-bond acceptors (Lipinski definition) is 2. The van der Waals surface area contributed by atoms with Gasteiger partial charge in [0, 0.05) is 5.92 Å². The fourth-order valence-electron chi connectivity index (χ4n) is 4.94. The number of unbranched alkanes of at least 4 members (excludes halogenated alkanes) is 2. The second kappa shape index (κ2) is 12.7. The Kier molecular flexibility index (Phi) is 9.73. The Balaban J connectivity index is 1.32. The number of carbonyl (C=O) groups is 1. The number of carbonyl (C=O) groups excluding carboxylic acids is 1. The van der Waals surface area contributed by atoms with Crippen LogP contribution in [0.25, 0.3) is 0 Å². The van der Waals surface area contributed by atoms with Crippen molar-refractivity contribution < 1.29 is 9.53 Å². The van der Waals surface area contributed by atoms with Crippen LogP contribution in [0.4, 0.5) is 0 Å². The Hall–Kier alpha value is -2.01. The molecule has 0 heterocycles. The average Bonchev–Trinajstić information content (AvgIpc) is 2.79. The van der Waals surface area contributed by atoms with Crippen molar-refractivity contribution in [3.05, 3.63) is 47.5 Å². The summed E-state index contributed by atoms with van der Waals surface area (Å²) in [6, 6.07) is 7.60. The molecule has 2 fully saturated rings. The standard InChI is InChI=1S/C29H40O2/c1-3-4-5-8-24-13-15-25(16-14-24)9-6-7-10-26-17-21-28(22-18-26)31-29(30)27-19-11-23(2)12-20-27/h6,9,11-12,19-20,24-26,28H,3-5,8,13-18,21-22H2,1-2H3/b9-6+. The van der Waals surface area contributed by atoms with Gasteiger partial charge < -0.3 is 4.74 Å². The first-order valence-electron chi connectivity index (χ1n) is 12.6. The van der Waals surface area contributed by atoms with Gasteiger partial charge >= 0.3 is 5.97 Å². The third-order valence-electron chi connectivity index (χ3n) is 7.08. The molecule has 1 aromatic rings. The van der Waals surface area contributed by atoms with E-state index in [2.05, 4.69) is 30.9 Å². The van der Waals surface area contributed by atoms with Gasteiger partial charge in [-0.05, 0) is 88.3 Å². The maximum Gasteiger partial charge on any atom is 0.338 e. The number of benzene rings is 1. The molecule has 0 amide bonds. The van der Waals surface area contributed by atoms with Gasteiger partial charge in [0.2, 0.25) is 0 Å². The fourth-order valence-corrected chi connectivity index (χ4v) is 4.94. The molecule has 3 rings (SSSR count). The van der Waals surface area contributed by atoms with Crippen molar-refractivity contribution in [3.63, 3.8) is 0 Å². The van der Waals surface area contributed by atoms with Crippen LogP contribution in [0.3, 0.4) is 0 Å². The van der Waals surface area contributed by atoms with E-state index in [9.17, 15) is 4.79 Å². The summed E-state index contributed by atoms with van der Waals surface area (Å²) in [5.41, 5.74) is 1.80. The van der Waals surface area contributed by atoms with Crippen LogP contribution in [0.5, 0.6) is 0 Å². The summed E-state index contributed by atoms with van der Waals surface area (Å²) in [5.74, 6) is 8.68. The van der Waals surface area contributed by atoms with Crippen molar-refractivity contribution in [1.82, 2.24) is 0 Å². The van der Waals surface area contributed by atoms with Crippen LogP contribution in [-0.2, 0) is 4.74 Å². The van der Waals surface area contributed by atoms with Crippen LogP contribution in [0.2, 0.25) is 0 Å². The topological polar surface area (TPSA) is 26.3 Å². The van der Waals surface area contributed by atoms with Gasteiger partial charge in [-0.1, -0.05) is 68.2 Å². The predicted octanol–water partition coefficient (Wildman–Crippen LogP) is 7.66. The zero-order valence-electron chi connectivity index (χ0n) is 19.6. The van der Waals surface area contributed by atoms with E-state index >= 15 is 0 Å². The first-order chi connectivity index (χ1) is 15.1. The van der Waals surface area contributed by atoms with Crippen LogP contribution in [0.1, 0.15) is 99.9 Å².